The second-order valence-electron chi connectivity index (χ2n) is 5.53. The number of unbranched alkanes of at least 4 members (excludes halogenated alkanes) is 8. The van der Waals surface area contributed by atoms with Crippen molar-refractivity contribution in [3.63, 3.8) is 0 Å². The topological polar surface area (TPSA) is 118 Å². The Labute approximate surface area is 163 Å². The summed E-state index contributed by atoms with van der Waals surface area (Å²) in [6.45, 7) is 3.53. The van der Waals surface area contributed by atoms with Crippen molar-refractivity contribution in [3.8, 4) is 0 Å². The third kappa shape index (κ3) is 24.7. The molecule has 0 rings (SSSR count). The number of hydrogen-bond acceptors (Lipinski definition) is 4. The van der Waals surface area contributed by atoms with E-state index in [2.05, 4.69) is 6.92 Å². The monoisotopic (exact) mass is 363 g/mol. The van der Waals surface area contributed by atoms with Crippen molar-refractivity contribution in [1.82, 2.24) is 0 Å². The van der Waals surface area contributed by atoms with E-state index in [1.165, 1.54) is 51.9 Å². The molecule has 6 nitrogen and oxygen atoms in total. The molecular weight excluding hydrogens is 329 g/mol. The van der Waals surface area contributed by atoms with E-state index in [0.717, 1.165) is 12.8 Å². The van der Waals surface area contributed by atoms with Crippen LogP contribution in [0.1, 0.15) is 78.1 Å². The Morgan fingerprint density at radius 3 is 1.65 bits per heavy atom. The van der Waals surface area contributed by atoms with Gasteiger partial charge in [0.1, 0.15) is 0 Å². The second kappa shape index (κ2) is 18.7. The Balaban J connectivity index is -0.000000382. The van der Waals surface area contributed by atoms with Crippen LogP contribution in [0.25, 0.3) is 0 Å². The molecule has 136 valence electrons. The molecule has 0 bridgehead atoms. The molecule has 23 heavy (non-hydrogen) atoms. The fraction of sp³-hybridized carbons (Fsp3) is 0.933. The van der Waals surface area contributed by atoms with E-state index in [4.69, 9.17) is 15.4 Å². The Bertz CT molecular complexity index is 363. The average Bonchev–Trinajstić information content (AvgIpc) is 2.44. The molecule has 0 aromatic heterocycles. The van der Waals surface area contributed by atoms with Crippen LogP contribution in [0.2, 0.25) is 0 Å². The Morgan fingerprint density at radius 1 is 1.00 bits per heavy atom. The number of hydrogen-bond donors (Lipinski definition) is 3. The zero-order valence-electron chi connectivity index (χ0n) is 14.0. The van der Waals surface area contributed by atoms with Gasteiger partial charge >= 0.3 is 35.5 Å². The molecule has 1 atom stereocenters. The molecule has 0 saturated heterocycles. The molecule has 0 aromatic carbocycles. The molecule has 0 amide bonds. The van der Waals surface area contributed by atoms with E-state index >= 15 is 0 Å². The predicted molar refractivity (Wildman–Crippen MR) is 96.7 cm³/mol. The van der Waals surface area contributed by atoms with Crippen molar-refractivity contribution in [2.24, 2.45) is 5.73 Å². The third-order valence-electron chi connectivity index (χ3n) is 3.33. The van der Waals surface area contributed by atoms with E-state index in [9.17, 15) is 13.2 Å². The maximum atomic E-state index is 10.2. The van der Waals surface area contributed by atoms with Gasteiger partial charge in [0.05, 0.1) is 5.25 Å². The van der Waals surface area contributed by atoms with Crippen molar-refractivity contribution in [2.75, 3.05) is 6.54 Å². The van der Waals surface area contributed by atoms with Crippen LogP contribution in [-0.4, -0.2) is 65.4 Å². The zero-order valence-corrected chi connectivity index (χ0v) is 14.8. The quantitative estimate of drug-likeness (QED) is 0.279. The molecular formula is C15H34NNaO5S. The molecule has 8 heteroatoms. The third-order valence-corrected chi connectivity index (χ3v) is 4.54. The second-order valence-corrected chi connectivity index (χ2v) is 7.37. The summed E-state index contributed by atoms with van der Waals surface area (Å²) < 4.78 is 28.3. The van der Waals surface area contributed by atoms with Crippen LogP contribution in [0.15, 0.2) is 0 Å². The summed E-state index contributed by atoms with van der Waals surface area (Å²) in [4.78, 5) is 10.2. The first-order valence-corrected chi connectivity index (χ1v) is 9.64. The van der Waals surface area contributed by atoms with Crippen molar-refractivity contribution in [3.05, 3.63) is 0 Å². The van der Waals surface area contributed by atoms with Gasteiger partial charge in [-0.3, -0.25) is 9.35 Å². The number of carboxylic acid groups (broad SMARTS) is 1. The number of carbonyl (C=O) groups is 1. The fourth-order valence-electron chi connectivity index (χ4n) is 1.71. The molecule has 1 unspecified atom stereocenters. The van der Waals surface area contributed by atoms with Gasteiger partial charge in [0, 0.05) is 13.0 Å². The molecule has 0 aromatic rings. The predicted octanol–water partition coefficient (Wildman–Crippen LogP) is 2.56. The van der Waals surface area contributed by atoms with Gasteiger partial charge in [0.2, 0.25) is 0 Å². The van der Waals surface area contributed by atoms with Gasteiger partial charge < -0.3 is 10.8 Å². The zero-order chi connectivity index (χ0) is 17.4. The summed E-state index contributed by atoms with van der Waals surface area (Å²) in [6, 6.07) is 0. The van der Waals surface area contributed by atoms with Crippen LogP contribution in [0.4, 0.5) is 0 Å². The summed E-state index contributed by atoms with van der Waals surface area (Å²) >= 11 is 0. The van der Waals surface area contributed by atoms with Crippen molar-refractivity contribution in [1.29, 1.82) is 0 Å². The van der Waals surface area contributed by atoms with Gasteiger partial charge in [-0.25, -0.2) is 0 Å². The minimum atomic E-state index is -3.88. The van der Waals surface area contributed by atoms with E-state index in [1.807, 2.05) is 0 Å². The van der Waals surface area contributed by atoms with E-state index in [0.29, 0.717) is 6.42 Å². The summed E-state index contributed by atoms with van der Waals surface area (Å²) in [5.41, 5.74) is 4.92. The minimum absolute atomic E-state index is 0. The number of aliphatic carboxylic acids is 1. The summed E-state index contributed by atoms with van der Waals surface area (Å²) in [5, 5.41) is 7.57. The van der Waals surface area contributed by atoms with E-state index in [-0.39, 0.29) is 36.1 Å². The van der Waals surface area contributed by atoms with Crippen LogP contribution in [0.3, 0.4) is 0 Å². The van der Waals surface area contributed by atoms with Gasteiger partial charge in [0.15, 0.2) is 0 Å². The SMILES string of the molecule is CC(CN)S(=O)(=O)O.CCCCCCCCCCCC(=O)O.[NaH]. The number of nitrogens with two attached hydrogens (primary N) is 1. The van der Waals surface area contributed by atoms with Gasteiger partial charge in [-0.05, 0) is 13.3 Å². The molecule has 0 aliphatic heterocycles. The maximum absolute atomic E-state index is 10.2. The number of rotatable bonds is 12. The first-order chi connectivity index (χ1) is 10.3. The molecule has 0 heterocycles. The van der Waals surface area contributed by atoms with Crippen LogP contribution in [0, 0.1) is 0 Å². The summed E-state index contributed by atoms with van der Waals surface area (Å²) in [5.74, 6) is -0.659. The van der Waals surface area contributed by atoms with Crippen LogP contribution in [-0.2, 0) is 14.9 Å². The number of carboxylic acids is 1. The fourth-order valence-corrected chi connectivity index (χ4v) is 1.95. The molecule has 4 N–H and O–H groups in total. The van der Waals surface area contributed by atoms with Crippen molar-refractivity contribution < 1.29 is 22.9 Å². The van der Waals surface area contributed by atoms with Crippen molar-refractivity contribution >= 4 is 45.6 Å². The molecule has 0 radical (unpaired) electrons. The van der Waals surface area contributed by atoms with Crippen LogP contribution < -0.4 is 5.73 Å². The Kier molecular flexibility index (Phi) is 22.9. The van der Waals surface area contributed by atoms with E-state index in [1.54, 1.807) is 0 Å². The van der Waals surface area contributed by atoms with Gasteiger partial charge in [-0.1, -0.05) is 58.3 Å². The normalized spacial score (nSPS) is 11.8. The van der Waals surface area contributed by atoms with Gasteiger partial charge in [0.25, 0.3) is 10.1 Å². The van der Waals surface area contributed by atoms with Crippen LogP contribution >= 0.6 is 0 Å². The van der Waals surface area contributed by atoms with E-state index < -0.39 is 21.3 Å². The van der Waals surface area contributed by atoms with Gasteiger partial charge in [-0.2, -0.15) is 8.42 Å². The summed E-state index contributed by atoms with van der Waals surface area (Å²) in [7, 11) is -3.88. The first-order valence-electron chi connectivity index (χ1n) is 8.13. The molecule has 0 aliphatic rings. The first kappa shape index (κ1) is 28.2. The Hall–Kier alpha value is 0.340. The Morgan fingerprint density at radius 2 is 1.39 bits per heavy atom. The summed E-state index contributed by atoms with van der Waals surface area (Å²) in [6.07, 6.45) is 11.5. The molecule has 0 fully saturated rings. The van der Waals surface area contributed by atoms with Crippen LogP contribution in [0.5, 0.6) is 0 Å². The van der Waals surface area contributed by atoms with Gasteiger partial charge in [-0.15, -0.1) is 0 Å². The molecule has 0 aliphatic carbocycles. The molecule has 0 saturated carbocycles. The average molecular weight is 363 g/mol. The molecule has 0 spiro atoms. The standard InChI is InChI=1S/C12H24O2.C3H9NO3S.Na.H/c1-2-3-4-5-6-7-8-9-10-11-12(13)14;1-3(2-4)8(5,6)7;;/h2-11H2,1H3,(H,13,14);3H,2,4H2,1H3,(H,5,6,7);;. The van der Waals surface area contributed by atoms with Crippen molar-refractivity contribution in [2.45, 2.75) is 83.3 Å².